The zero-order chi connectivity index (χ0) is 14.6. The molecule has 4 fully saturated rings. The highest BCUT2D eigenvalue weighted by molar-refractivity contribution is 9.10. The number of hydrogen-bond donors (Lipinski definition) is 1. The molecule has 1 aromatic carbocycles. The minimum Gasteiger partial charge on any atom is -0.496 e. The van der Waals surface area contributed by atoms with Gasteiger partial charge in [-0.1, -0.05) is 15.9 Å². The van der Waals surface area contributed by atoms with Crippen LogP contribution in [0.4, 0.5) is 0 Å². The van der Waals surface area contributed by atoms with Crippen LogP contribution in [0.3, 0.4) is 0 Å². The summed E-state index contributed by atoms with van der Waals surface area (Å²) >= 11 is 3.55. The Morgan fingerprint density at radius 3 is 2.33 bits per heavy atom. The largest absolute Gasteiger partial charge is 0.496 e. The van der Waals surface area contributed by atoms with E-state index in [0.717, 1.165) is 34.0 Å². The van der Waals surface area contributed by atoms with Crippen molar-refractivity contribution in [3.8, 4) is 5.75 Å². The summed E-state index contributed by atoms with van der Waals surface area (Å²) in [7, 11) is 1.72. The number of halogens is 1. The van der Waals surface area contributed by atoms with Crippen LogP contribution >= 0.6 is 15.9 Å². The lowest BCUT2D eigenvalue weighted by molar-refractivity contribution is -0.171. The van der Waals surface area contributed by atoms with Gasteiger partial charge in [-0.3, -0.25) is 0 Å². The van der Waals surface area contributed by atoms with Gasteiger partial charge in [0.05, 0.1) is 12.7 Å². The van der Waals surface area contributed by atoms with Gasteiger partial charge >= 0.3 is 0 Å². The van der Waals surface area contributed by atoms with Crippen LogP contribution in [-0.4, -0.2) is 17.8 Å². The average molecular weight is 351 g/mol. The van der Waals surface area contributed by atoms with Crippen LogP contribution in [0.5, 0.6) is 5.75 Å². The molecule has 0 unspecified atom stereocenters. The molecule has 0 aromatic heterocycles. The third kappa shape index (κ3) is 2.24. The zero-order valence-corrected chi connectivity index (χ0v) is 14.1. The molecule has 0 radical (unpaired) electrons. The second kappa shape index (κ2) is 4.99. The van der Waals surface area contributed by atoms with Crippen molar-refractivity contribution < 1.29 is 9.84 Å². The summed E-state index contributed by atoms with van der Waals surface area (Å²) in [6, 6.07) is 6.12. The smallest absolute Gasteiger partial charge is 0.122 e. The summed E-state index contributed by atoms with van der Waals surface area (Å²) in [6.45, 7) is 0. The van der Waals surface area contributed by atoms with Crippen LogP contribution in [0, 0.1) is 23.7 Å². The normalized spacial score (nSPS) is 40.5. The molecule has 1 N–H and O–H groups in total. The van der Waals surface area contributed by atoms with Gasteiger partial charge in [0.25, 0.3) is 0 Å². The zero-order valence-electron chi connectivity index (χ0n) is 12.5. The molecule has 114 valence electrons. The minimum absolute atomic E-state index is 0.498. The molecule has 0 aliphatic heterocycles. The average Bonchev–Trinajstić information content (AvgIpc) is 2.44. The molecule has 21 heavy (non-hydrogen) atoms. The number of methoxy groups -OCH3 is 1. The Morgan fingerprint density at radius 1 is 1.14 bits per heavy atom. The highest BCUT2D eigenvalue weighted by Gasteiger charge is 2.56. The van der Waals surface area contributed by atoms with Crippen LogP contribution < -0.4 is 4.74 Å². The van der Waals surface area contributed by atoms with Gasteiger partial charge < -0.3 is 9.84 Å². The molecule has 0 heterocycles. The number of aliphatic hydroxyl groups is 1. The topological polar surface area (TPSA) is 29.5 Å². The molecule has 4 saturated carbocycles. The fourth-order valence-corrected chi connectivity index (χ4v) is 5.89. The highest BCUT2D eigenvalue weighted by atomic mass is 79.9. The van der Waals surface area contributed by atoms with Gasteiger partial charge in [-0.25, -0.2) is 0 Å². The molecule has 0 spiro atoms. The van der Waals surface area contributed by atoms with Crippen molar-refractivity contribution in [2.75, 3.05) is 7.11 Å². The van der Waals surface area contributed by atoms with E-state index in [0.29, 0.717) is 11.8 Å². The van der Waals surface area contributed by atoms with Crippen LogP contribution in [0.15, 0.2) is 22.7 Å². The van der Waals surface area contributed by atoms with E-state index in [-0.39, 0.29) is 0 Å². The Balaban J connectivity index is 1.66. The second-order valence-electron chi connectivity index (χ2n) is 7.43. The van der Waals surface area contributed by atoms with Crippen molar-refractivity contribution in [2.45, 2.75) is 44.1 Å². The van der Waals surface area contributed by atoms with E-state index >= 15 is 0 Å². The van der Waals surface area contributed by atoms with Gasteiger partial charge in [-0.15, -0.1) is 0 Å². The molecule has 0 amide bonds. The summed E-state index contributed by atoms with van der Waals surface area (Å²) < 4.78 is 6.57. The third-order valence-corrected chi connectivity index (χ3v) is 6.76. The monoisotopic (exact) mass is 350 g/mol. The van der Waals surface area contributed by atoms with Crippen LogP contribution in [0.2, 0.25) is 0 Å². The van der Waals surface area contributed by atoms with E-state index in [2.05, 4.69) is 22.0 Å². The molecule has 0 atom stereocenters. The third-order valence-electron chi connectivity index (χ3n) is 6.27. The maximum Gasteiger partial charge on any atom is 0.122 e. The first-order chi connectivity index (χ1) is 10.1. The second-order valence-corrected chi connectivity index (χ2v) is 8.34. The van der Waals surface area contributed by atoms with E-state index in [1.165, 1.54) is 32.1 Å². The Kier molecular flexibility index (Phi) is 3.34. The summed E-state index contributed by atoms with van der Waals surface area (Å²) in [6.07, 6.45) is 7.10. The first kappa shape index (κ1) is 14.1. The predicted molar refractivity (Wildman–Crippen MR) is 86.4 cm³/mol. The fourth-order valence-electron chi connectivity index (χ4n) is 5.48. The Hall–Kier alpha value is -0.540. The van der Waals surface area contributed by atoms with Crippen molar-refractivity contribution in [2.24, 2.45) is 23.7 Å². The number of benzene rings is 1. The molecular formula is C18H23BrO2. The summed E-state index contributed by atoms with van der Waals surface area (Å²) in [5.74, 6) is 3.67. The fraction of sp³-hybridized carbons (Fsp3) is 0.667. The van der Waals surface area contributed by atoms with E-state index in [9.17, 15) is 5.11 Å². The molecule has 4 bridgehead atoms. The van der Waals surface area contributed by atoms with Gasteiger partial charge in [0.15, 0.2) is 0 Å². The molecule has 0 saturated heterocycles. The summed E-state index contributed by atoms with van der Waals surface area (Å²) in [5.41, 5.74) is 0.628. The van der Waals surface area contributed by atoms with Gasteiger partial charge in [0.2, 0.25) is 0 Å². The lowest BCUT2D eigenvalue weighted by Gasteiger charge is -2.59. The summed E-state index contributed by atoms with van der Waals surface area (Å²) in [4.78, 5) is 0. The number of hydrogen-bond acceptors (Lipinski definition) is 2. The lowest BCUT2D eigenvalue weighted by atomic mass is 9.49. The standard InChI is InChI=1S/C18H23BrO2/c1-21-17-3-2-16(19)9-13(17)10-18(20)14-5-11-4-12(7-14)8-15(18)6-11/h2-3,9,11-12,14-15,20H,4-8,10H2,1H3. The number of ether oxygens (including phenoxy) is 1. The van der Waals surface area contributed by atoms with E-state index in [1.54, 1.807) is 7.11 Å². The van der Waals surface area contributed by atoms with E-state index in [1.807, 2.05) is 12.1 Å². The maximum absolute atomic E-state index is 11.5. The Morgan fingerprint density at radius 2 is 1.76 bits per heavy atom. The van der Waals surface area contributed by atoms with Gasteiger partial charge in [-0.2, -0.15) is 0 Å². The number of rotatable bonds is 3. The van der Waals surface area contributed by atoms with E-state index in [4.69, 9.17) is 4.74 Å². The van der Waals surface area contributed by atoms with E-state index < -0.39 is 5.60 Å². The van der Waals surface area contributed by atoms with Crippen molar-refractivity contribution in [3.05, 3.63) is 28.2 Å². The minimum atomic E-state index is -0.512. The molecule has 5 rings (SSSR count). The lowest BCUT2D eigenvalue weighted by Crippen LogP contribution is -2.58. The highest BCUT2D eigenvalue weighted by Crippen LogP contribution is 2.59. The molecule has 4 aliphatic carbocycles. The van der Waals surface area contributed by atoms with Crippen molar-refractivity contribution in [3.63, 3.8) is 0 Å². The molecule has 2 nitrogen and oxygen atoms in total. The van der Waals surface area contributed by atoms with Crippen molar-refractivity contribution in [1.82, 2.24) is 0 Å². The predicted octanol–water partition coefficient (Wildman–Crippen LogP) is 4.19. The first-order valence-corrected chi connectivity index (χ1v) is 8.92. The maximum atomic E-state index is 11.5. The van der Waals surface area contributed by atoms with Gasteiger partial charge in [0.1, 0.15) is 5.75 Å². The Labute approximate surface area is 135 Å². The van der Waals surface area contributed by atoms with Crippen molar-refractivity contribution in [1.29, 1.82) is 0 Å². The molecule has 1 aromatic rings. The summed E-state index contributed by atoms with van der Waals surface area (Å²) in [5, 5.41) is 11.5. The SMILES string of the molecule is COc1ccc(Br)cc1CC1(O)C2CC3CC(C2)CC1C3. The quantitative estimate of drug-likeness (QED) is 0.885. The Bertz CT molecular complexity index is 526. The molecular weight excluding hydrogens is 328 g/mol. The van der Waals surface area contributed by atoms with Gasteiger partial charge in [0, 0.05) is 10.9 Å². The molecule has 4 aliphatic rings. The van der Waals surface area contributed by atoms with Crippen LogP contribution in [0.1, 0.15) is 37.7 Å². The first-order valence-electron chi connectivity index (χ1n) is 8.13. The van der Waals surface area contributed by atoms with Gasteiger partial charge in [-0.05, 0) is 79.5 Å². The van der Waals surface area contributed by atoms with Crippen molar-refractivity contribution >= 4 is 15.9 Å². The molecule has 3 heteroatoms. The van der Waals surface area contributed by atoms with Crippen LogP contribution in [-0.2, 0) is 6.42 Å². The van der Waals surface area contributed by atoms with Crippen LogP contribution in [0.25, 0.3) is 0 Å².